The second-order valence-electron chi connectivity index (χ2n) is 3.52. The van der Waals surface area contributed by atoms with Crippen molar-refractivity contribution in [3.05, 3.63) is 34.5 Å². The Bertz CT molecular complexity index is 421. The molecular formula is C11H16N4S. The second kappa shape index (κ2) is 5.23. The van der Waals surface area contributed by atoms with Crippen molar-refractivity contribution in [3.63, 3.8) is 0 Å². The number of hydrogen-bond acceptors (Lipinski definition) is 4. The predicted molar refractivity (Wildman–Crippen MR) is 65.5 cm³/mol. The molecule has 0 radical (unpaired) electrons. The normalized spacial score (nSPS) is 12.9. The highest BCUT2D eigenvalue weighted by Gasteiger charge is 2.15. The maximum absolute atomic E-state index is 4.31. The van der Waals surface area contributed by atoms with Crippen LogP contribution in [0.4, 0.5) is 0 Å². The average molecular weight is 236 g/mol. The van der Waals surface area contributed by atoms with E-state index in [1.54, 1.807) is 11.3 Å². The Morgan fingerprint density at radius 2 is 2.31 bits per heavy atom. The summed E-state index contributed by atoms with van der Waals surface area (Å²) in [5.74, 6) is 0. The first kappa shape index (κ1) is 11.3. The molecule has 1 unspecified atom stereocenters. The Hall–Kier alpha value is -1.20. The van der Waals surface area contributed by atoms with Crippen molar-refractivity contribution < 1.29 is 0 Å². The highest BCUT2D eigenvalue weighted by Crippen LogP contribution is 2.24. The first-order chi connectivity index (χ1) is 7.85. The number of hydrogen-bond donors (Lipinski definition) is 1. The number of aromatic nitrogens is 3. The molecule has 1 N–H and O–H groups in total. The second-order valence-corrected chi connectivity index (χ2v) is 4.44. The Morgan fingerprint density at radius 1 is 1.44 bits per heavy atom. The van der Waals surface area contributed by atoms with Gasteiger partial charge in [0.05, 0.1) is 17.7 Å². The summed E-state index contributed by atoms with van der Waals surface area (Å²) in [7, 11) is 0. The van der Waals surface area contributed by atoms with Crippen LogP contribution in [0, 0.1) is 0 Å². The van der Waals surface area contributed by atoms with Crippen LogP contribution in [0.25, 0.3) is 0 Å². The van der Waals surface area contributed by atoms with Crippen molar-refractivity contribution in [1.82, 2.24) is 20.1 Å². The van der Waals surface area contributed by atoms with Crippen LogP contribution in [0.1, 0.15) is 30.3 Å². The van der Waals surface area contributed by atoms with Gasteiger partial charge in [-0.05, 0) is 13.5 Å². The molecule has 0 aliphatic rings. The van der Waals surface area contributed by atoms with Crippen LogP contribution in [0.2, 0.25) is 0 Å². The van der Waals surface area contributed by atoms with Gasteiger partial charge in [0.2, 0.25) is 0 Å². The van der Waals surface area contributed by atoms with E-state index in [9.17, 15) is 0 Å². The van der Waals surface area contributed by atoms with Crippen LogP contribution >= 0.6 is 11.3 Å². The van der Waals surface area contributed by atoms with E-state index in [2.05, 4.69) is 35.4 Å². The van der Waals surface area contributed by atoms with Crippen LogP contribution in [0.15, 0.2) is 24.1 Å². The lowest BCUT2D eigenvalue weighted by Crippen LogP contribution is -2.20. The van der Waals surface area contributed by atoms with Crippen molar-refractivity contribution >= 4 is 11.3 Å². The van der Waals surface area contributed by atoms with Crippen LogP contribution in [0.3, 0.4) is 0 Å². The van der Waals surface area contributed by atoms with Gasteiger partial charge in [0.25, 0.3) is 0 Å². The van der Waals surface area contributed by atoms with E-state index in [1.807, 2.05) is 22.6 Å². The average Bonchev–Trinajstić information content (AvgIpc) is 2.97. The lowest BCUT2D eigenvalue weighted by Gasteiger charge is -2.13. The summed E-state index contributed by atoms with van der Waals surface area (Å²) < 4.78 is 1.95. The fourth-order valence-corrected chi connectivity index (χ4v) is 2.38. The lowest BCUT2D eigenvalue weighted by atomic mass is 10.1. The van der Waals surface area contributed by atoms with Crippen molar-refractivity contribution in [1.29, 1.82) is 0 Å². The van der Waals surface area contributed by atoms with E-state index in [-0.39, 0.29) is 6.04 Å². The van der Waals surface area contributed by atoms with E-state index in [1.165, 1.54) is 10.4 Å². The van der Waals surface area contributed by atoms with Crippen molar-refractivity contribution in [2.45, 2.75) is 26.4 Å². The van der Waals surface area contributed by atoms with Gasteiger partial charge >= 0.3 is 0 Å². The summed E-state index contributed by atoms with van der Waals surface area (Å²) in [6.45, 7) is 6.03. The summed E-state index contributed by atoms with van der Waals surface area (Å²) in [4.78, 5) is 5.36. The van der Waals surface area contributed by atoms with Gasteiger partial charge in [0, 0.05) is 29.4 Å². The zero-order chi connectivity index (χ0) is 11.4. The molecule has 0 bridgehead atoms. The molecule has 2 aromatic rings. The van der Waals surface area contributed by atoms with Gasteiger partial charge in [0.1, 0.15) is 0 Å². The molecule has 2 aromatic heterocycles. The summed E-state index contributed by atoms with van der Waals surface area (Å²) >= 11 is 1.67. The number of thiazole rings is 1. The van der Waals surface area contributed by atoms with Gasteiger partial charge in [-0.25, -0.2) is 0 Å². The zero-order valence-electron chi connectivity index (χ0n) is 9.55. The largest absolute Gasteiger partial charge is 0.306 e. The summed E-state index contributed by atoms with van der Waals surface area (Å²) in [5.41, 5.74) is 3.07. The van der Waals surface area contributed by atoms with E-state index in [4.69, 9.17) is 0 Å². The van der Waals surface area contributed by atoms with Gasteiger partial charge in [-0.15, -0.1) is 11.3 Å². The van der Waals surface area contributed by atoms with Crippen LogP contribution in [-0.4, -0.2) is 21.3 Å². The number of aryl methyl sites for hydroxylation is 1. The minimum absolute atomic E-state index is 0.220. The fraction of sp³-hybridized carbons (Fsp3) is 0.455. The van der Waals surface area contributed by atoms with Gasteiger partial charge in [0.15, 0.2) is 0 Å². The third kappa shape index (κ3) is 2.31. The molecule has 0 amide bonds. The molecule has 0 saturated carbocycles. The predicted octanol–water partition coefficient (Wildman–Crippen LogP) is 2.06. The van der Waals surface area contributed by atoms with E-state index >= 15 is 0 Å². The highest BCUT2D eigenvalue weighted by molar-refractivity contribution is 7.09. The standard InChI is InChI=1S/C11H16N4S/c1-3-13-11(10-6-12-8-16-10)9-5-14-15(4-2)7-9/h5-8,11,13H,3-4H2,1-2H3. The van der Waals surface area contributed by atoms with Gasteiger partial charge in [-0.2, -0.15) is 5.10 Å². The molecule has 0 aromatic carbocycles. The van der Waals surface area contributed by atoms with E-state index in [0.717, 1.165) is 13.1 Å². The number of nitrogens with one attached hydrogen (secondary N) is 1. The molecule has 2 heterocycles. The Morgan fingerprint density at radius 3 is 2.88 bits per heavy atom. The molecular weight excluding hydrogens is 220 g/mol. The fourth-order valence-electron chi connectivity index (χ4n) is 1.66. The maximum atomic E-state index is 4.31. The van der Waals surface area contributed by atoms with Gasteiger partial charge in [-0.3, -0.25) is 9.67 Å². The molecule has 4 nitrogen and oxygen atoms in total. The smallest absolute Gasteiger partial charge is 0.0794 e. The van der Waals surface area contributed by atoms with Crippen LogP contribution in [-0.2, 0) is 6.54 Å². The Labute approximate surface area is 99.3 Å². The maximum Gasteiger partial charge on any atom is 0.0794 e. The Balaban J connectivity index is 2.25. The van der Waals surface area contributed by atoms with Gasteiger partial charge in [-0.1, -0.05) is 6.92 Å². The minimum Gasteiger partial charge on any atom is -0.306 e. The van der Waals surface area contributed by atoms with Crippen LogP contribution < -0.4 is 5.32 Å². The van der Waals surface area contributed by atoms with E-state index < -0.39 is 0 Å². The lowest BCUT2D eigenvalue weighted by molar-refractivity contribution is 0.632. The molecule has 0 fully saturated rings. The third-order valence-corrected chi connectivity index (χ3v) is 3.30. The Kier molecular flexibility index (Phi) is 3.69. The molecule has 5 heteroatoms. The minimum atomic E-state index is 0.220. The summed E-state index contributed by atoms with van der Waals surface area (Å²) in [5, 5.41) is 7.76. The monoisotopic (exact) mass is 236 g/mol. The molecule has 0 spiro atoms. The molecule has 16 heavy (non-hydrogen) atoms. The van der Waals surface area contributed by atoms with Crippen molar-refractivity contribution in [2.24, 2.45) is 0 Å². The van der Waals surface area contributed by atoms with Crippen LogP contribution in [0.5, 0.6) is 0 Å². The quantitative estimate of drug-likeness (QED) is 0.864. The number of rotatable bonds is 5. The molecule has 1 atom stereocenters. The first-order valence-electron chi connectivity index (χ1n) is 5.49. The molecule has 0 aliphatic carbocycles. The molecule has 0 saturated heterocycles. The first-order valence-corrected chi connectivity index (χ1v) is 6.37. The molecule has 2 rings (SSSR count). The number of nitrogens with zero attached hydrogens (tertiary/aromatic N) is 3. The zero-order valence-corrected chi connectivity index (χ0v) is 10.4. The van der Waals surface area contributed by atoms with Crippen molar-refractivity contribution in [2.75, 3.05) is 6.54 Å². The van der Waals surface area contributed by atoms with Crippen molar-refractivity contribution in [3.8, 4) is 0 Å². The third-order valence-electron chi connectivity index (χ3n) is 2.45. The molecule has 86 valence electrons. The summed E-state index contributed by atoms with van der Waals surface area (Å²) in [6.07, 6.45) is 5.94. The highest BCUT2D eigenvalue weighted by atomic mass is 32.1. The van der Waals surface area contributed by atoms with Gasteiger partial charge < -0.3 is 5.32 Å². The molecule has 0 aliphatic heterocycles. The SMILES string of the molecule is CCNC(c1cnn(CC)c1)c1cncs1. The van der Waals surface area contributed by atoms with E-state index in [0.29, 0.717) is 0 Å². The summed E-state index contributed by atoms with van der Waals surface area (Å²) in [6, 6.07) is 0.220. The topological polar surface area (TPSA) is 42.7 Å².